The van der Waals surface area contributed by atoms with Crippen molar-refractivity contribution in [3.05, 3.63) is 0 Å². The van der Waals surface area contributed by atoms with E-state index >= 15 is 0 Å². The number of rotatable bonds is 6. The van der Waals surface area contributed by atoms with Gasteiger partial charge >= 0.3 is 0 Å². The highest BCUT2D eigenvalue weighted by molar-refractivity contribution is 7.89. The van der Waals surface area contributed by atoms with Crippen LogP contribution in [0.5, 0.6) is 0 Å². The lowest BCUT2D eigenvalue weighted by molar-refractivity contribution is 0.242. The van der Waals surface area contributed by atoms with Gasteiger partial charge in [0.1, 0.15) is 0 Å². The Kier molecular flexibility index (Phi) is 8.52. The van der Waals surface area contributed by atoms with Gasteiger partial charge < -0.3 is 5.73 Å². The zero-order valence-electron chi connectivity index (χ0n) is 12.3. The van der Waals surface area contributed by atoms with Crippen molar-refractivity contribution in [1.82, 2.24) is 4.31 Å². The van der Waals surface area contributed by atoms with Gasteiger partial charge in [0.25, 0.3) is 0 Å². The molecule has 4 nitrogen and oxygen atoms in total. The van der Waals surface area contributed by atoms with Gasteiger partial charge in [-0.1, -0.05) is 26.7 Å². The van der Waals surface area contributed by atoms with Gasteiger partial charge in [-0.25, -0.2) is 12.7 Å². The van der Waals surface area contributed by atoms with Gasteiger partial charge in [-0.05, 0) is 31.6 Å². The van der Waals surface area contributed by atoms with Gasteiger partial charge in [0, 0.05) is 19.1 Å². The normalized spacial score (nSPS) is 23.1. The molecular formula is C13H29ClN2O2S. The molecule has 0 aliphatic carbocycles. The summed E-state index contributed by atoms with van der Waals surface area (Å²) in [6, 6.07) is 0.0798. The maximum atomic E-state index is 12.4. The predicted molar refractivity (Wildman–Crippen MR) is 83.1 cm³/mol. The van der Waals surface area contributed by atoms with Crippen molar-refractivity contribution in [3.63, 3.8) is 0 Å². The first-order valence-electron chi connectivity index (χ1n) is 7.14. The van der Waals surface area contributed by atoms with Crippen molar-refractivity contribution < 1.29 is 8.42 Å². The Morgan fingerprint density at radius 3 is 2.37 bits per heavy atom. The van der Waals surface area contributed by atoms with Crippen LogP contribution < -0.4 is 5.73 Å². The van der Waals surface area contributed by atoms with Crippen molar-refractivity contribution in [3.8, 4) is 0 Å². The molecule has 0 aromatic heterocycles. The minimum atomic E-state index is -3.10. The summed E-state index contributed by atoms with van der Waals surface area (Å²) >= 11 is 0. The van der Waals surface area contributed by atoms with E-state index in [1.54, 1.807) is 4.31 Å². The monoisotopic (exact) mass is 312 g/mol. The molecule has 0 saturated carbocycles. The van der Waals surface area contributed by atoms with E-state index in [0.717, 1.165) is 25.7 Å². The second-order valence-corrected chi connectivity index (χ2v) is 7.59. The minimum absolute atomic E-state index is 0. The highest BCUT2D eigenvalue weighted by atomic mass is 35.5. The lowest BCUT2D eigenvalue weighted by Crippen LogP contribution is -2.46. The first kappa shape index (κ1) is 19.2. The van der Waals surface area contributed by atoms with E-state index in [1.807, 2.05) is 6.92 Å². The van der Waals surface area contributed by atoms with Crippen LogP contribution in [-0.2, 0) is 10.0 Å². The van der Waals surface area contributed by atoms with E-state index in [9.17, 15) is 8.42 Å². The molecule has 2 atom stereocenters. The van der Waals surface area contributed by atoms with Crippen LogP contribution >= 0.6 is 12.4 Å². The molecule has 1 heterocycles. The summed E-state index contributed by atoms with van der Waals surface area (Å²) in [7, 11) is -3.10. The van der Waals surface area contributed by atoms with Gasteiger partial charge in [0.05, 0.1) is 5.75 Å². The summed E-state index contributed by atoms with van der Waals surface area (Å²) in [6.07, 6.45) is 3.85. The molecule has 1 saturated heterocycles. The quantitative estimate of drug-likeness (QED) is 0.818. The van der Waals surface area contributed by atoms with Crippen LogP contribution in [0.15, 0.2) is 0 Å². The number of hydrogen-bond donors (Lipinski definition) is 1. The minimum Gasteiger partial charge on any atom is -0.328 e. The molecule has 2 N–H and O–H groups in total. The summed E-state index contributed by atoms with van der Waals surface area (Å²) in [5.41, 5.74) is 5.90. The van der Waals surface area contributed by atoms with Crippen molar-refractivity contribution in [2.24, 2.45) is 17.6 Å². The second-order valence-electron chi connectivity index (χ2n) is 5.58. The molecular weight excluding hydrogens is 284 g/mol. The largest absolute Gasteiger partial charge is 0.328 e. The van der Waals surface area contributed by atoms with Crippen LogP contribution in [0.3, 0.4) is 0 Å². The molecule has 0 aromatic rings. The topological polar surface area (TPSA) is 63.4 Å². The van der Waals surface area contributed by atoms with E-state index in [1.165, 1.54) is 0 Å². The standard InChI is InChI=1S/C13H28N2O2S.ClH/c1-4-12(5-2)10-18(16,17)15-8-6-7-13(9-15)11(3)14;/h11-13H,4-10,14H2,1-3H3;1H. The van der Waals surface area contributed by atoms with Gasteiger partial charge in [-0.15, -0.1) is 12.4 Å². The molecule has 1 fully saturated rings. The molecule has 0 bridgehead atoms. The molecule has 0 radical (unpaired) electrons. The van der Waals surface area contributed by atoms with Gasteiger partial charge in [-0.3, -0.25) is 0 Å². The van der Waals surface area contributed by atoms with Crippen LogP contribution in [0.1, 0.15) is 46.5 Å². The number of sulfonamides is 1. The highest BCUT2D eigenvalue weighted by Gasteiger charge is 2.31. The zero-order valence-corrected chi connectivity index (χ0v) is 14.0. The lowest BCUT2D eigenvalue weighted by atomic mass is 9.93. The number of halogens is 1. The fourth-order valence-electron chi connectivity index (χ4n) is 2.58. The van der Waals surface area contributed by atoms with Crippen LogP contribution in [0.25, 0.3) is 0 Å². The predicted octanol–water partition coefficient (Wildman–Crippen LogP) is 2.23. The average Bonchev–Trinajstić information content (AvgIpc) is 2.36. The van der Waals surface area contributed by atoms with E-state index in [-0.39, 0.29) is 24.4 Å². The van der Waals surface area contributed by atoms with Crippen LogP contribution in [0, 0.1) is 11.8 Å². The molecule has 1 rings (SSSR count). The van der Waals surface area contributed by atoms with Gasteiger partial charge in [-0.2, -0.15) is 0 Å². The summed E-state index contributed by atoms with van der Waals surface area (Å²) in [5, 5.41) is 0. The Hall–Kier alpha value is 0.160. The fourth-order valence-corrected chi connectivity index (χ4v) is 4.69. The lowest BCUT2D eigenvalue weighted by Gasteiger charge is -2.34. The third kappa shape index (κ3) is 5.58. The zero-order chi connectivity index (χ0) is 13.8. The van der Waals surface area contributed by atoms with E-state index in [2.05, 4.69) is 13.8 Å². The Bertz CT molecular complexity index is 343. The summed E-state index contributed by atoms with van der Waals surface area (Å²) in [4.78, 5) is 0. The molecule has 19 heavy (non-hydrogen) atoms. The average molecular weight is 313 g/mol. The third-order valence-electron chi connectivity index (χ3n) is 4.16. The number of nitrogens with zero attached hydrogens (tertiary/aromatic N) is 1. The second kappa shape index (κ2) is 8.45. The number of piperidine rings is 1. The summed E-state index contributed by atoms with van der Waals surface area (Å²) < 4.78 is 26.4. The SMILES string of the molecule is CCC(CC)CS(=O)(=O)N1CCCC(C(C)N)C1.Cl. The number of nitrogens with two attached hydrogens (primary N) is 1. The first-order valence-corrected chi connectivity index (χ1v) is 8.75. The van der Waals surface area contributed by atoms with Crippen molar-refractivity contribution >= 4 is 22.4 Å². The molecule has 0 amide bonds. The molecule has 0 spiro atoms. The third-order valence-corrected chi connectivity index (χ3v) is 6.17. The number of hydrogen-bond acceptors (Lipinski definition) is 3. The summed E-state index contributed by atoms with van der Waals surface area (Å²) in [5.74, 6) is 0.895. The summed E-state index contributed by atoms with van der Waals surface area (Å²) in [6.45, 7) is 7.38. The van der Waals surface area contributed by atoms with E-state index < -0.39 is 10.0 Å². The van der Waals surface area contributed by atoms with E-state index in [0.29, 0.717) is 24.8 Å². The Balaban J connectivity index is 0.00000324. The smallest absolute Gasteiger partial charge is 0.214 e. The Labute approximate surface area is 124 Å². The highest BCUT2D eigenvalue weighted by Crippen LogP contribution is 2.23. The van der Waals surface area contributed by atoms with Gasteiger partial charge in [0.15, 0.2) is 0 Å². The Morgan fingerprint density at radius 1 is 1.32 bits per heavy atom. The Morgan fingerprint density at radius 2 is 1.89 bits per heavy atom. The van der Waals surface area contributed by atoms with Crippen molar-refractivity contribution in [2.45, 2.75) is 52.5 Å². The first-order chi connectivity index (χ1) is 8.40. The van der Waals surface area contributed by atoms with Crippen LogP contribution in [0.4, 0.5) is 0 Å². The molecule has 2 unspecified atom stereocenters. The fraction of sp³-hybridized carbons (Fsp3) is 1.00. The molecule has 6 heteroatoms. The van der Waals surface area contributed by atoms with Gasteiger partial charge in [0.2, 0.25) is 10.0 Å². The molecule has 1 aliphatic rings. The molecule has 0 aromatic carbocycles. The van der Waals surface area contributed by atoms with Crippen LogP contribution in [0.2, 0.25) is 0 Å². The maximum Gasteiger partial charge on any atom is 0.214 e. The maximum absolute atomic E-state index is 12.4. The van der Waals surface area contributed by atoms with Crippen LogP contribution in [-0.4, -0.2) is 37.6 Å². The molecule has 1 aliphatic heterocycles. The van der Waals surface area contributed by atoms with Crippen molar-refractivity contribution in [2.75, 3.05) is 18.8 Å². The van der Waals surface area contributed by atoms with Crippen molar-refractivity contribution in [1.29, 1.82) is 0 Å². The van der Waals surface area contributed by atoms with E-state index in [4.69, 9.17) is 5.73 Å². The molecule has 116 valence electrons.